The summed E-state index contributed by atoms with van der Waals surface area (Å²) in [6, 6.07) is 10.2. The summed E-state index contributed by atoms with van der Waals surface area (Å²) in [7, 11) is 1.32. The Morgan fingerprint density at radius 1 is 1.30 bits per heavy atom. The molecular weight excluding hydrogens is 294 g/mol. The lowest BCUT2D eigenvalue weighted by atomic mass is 10.1. The van der Waals surface area contributed by atoms with Crippen molar-refractivity contribution in [3.8, 4) is 6.07 Å². The Labute approximate surface area is 133 Å². The summed E-state index contributed by atoms with van der Waals surface area (Å²) in [5.41, 5.74) is 2.03. The van der Waals surface area contributed by atoms with Crippen molar-refractivity contribution < 1.29 is 9.53 Å². The molecule has 2 rings (SSSR count). The molecule has 0 aliphatic rings. The number of nitrogens with zero attached hydrogens (tertiary/aromatic N) is 3. The number of hydrogen-bond acceptors (Lipinski definition) is 5. The third kappa shape index (κ3) is 3.35. The Morgan fingerprint density at radius 3 is 2.52 bits per heavy atom. The molecular formula is C17H15N3O3. The maximum absolute atomic E-state index is 12.2. The monoisotopic (exact) mass is 309 g/mol. The van der Waals surface area contributed by atoms with Gasteiger partial charge in [0.2, 0.25) is 0 Å². The minimum Gasteiger partial charge on any atom is -0.465 e. The van der Waals surface area contributed by atoms with E-state index in [1.807, 2.05) is 6.07 Å². The second kappa shape index (κ2) is 6.71. The van der Waals surface area contributed by atoms with Crippen molar-refractivity contribution in [1.82, 2.24) is 4.68 Å². The Balaban J connectivity index is 2.36. The van der Waals surface area contributed by atoms with Crippen LogP contribution in [0.5, 0.6) is 0 Å². The average molecular weight is 309 g/mol. The molecule has 0 aliphatic carbocycles. The van der Waals surface area contributed by atoms with Crippen molar-refractivity contribution >= 4 is 12.2 Å². The van der Waals surface area contributed by atoms with Gasteiger partial charge in [-0.15, -0.1) is 0 Å². The summed E-state index contributed by atoms with van der Waals surface area (Å²) in [4.78, 5) is 23.6. The molecule has 0 fully saturated rings. The third-order valence-corrected chi connectivity index (χ3v) is 3.33. The first-order valence-electron chi connectivity index (χ1n) is 6.84. The topological polar surface area (TPSA) is 84.4 Å². The zero-order chi connectivity index (χ0) is 17.0. The molecule has 0 saturated carbocycles. The lowest BCUT2D eigenvalue weighted by molar-refractivity contribution is 0.0600. The lowest BCUT2D eigenvalue weighted by Gasteiger charge is -2.06. The minimum atomic E-state index is -0.451. The van der Waals surface area contributed by atoms with Gasteiger partial charge >= 0.3 is 5.97 Å². The van der Waals surface area contributed by atoms with Crippen LogP contribution in [0, 0.1) is 25.2 Å². The first-order valence-corrected chi connectivity index (χ1v) is 6.84. The van der Waals surface area contributed by atoms with Crippen molar-refractivity contribution in [2.24, 2.45) is 5.10 Å². The van der Waals surface area contributed by atoms with E-state index >= 15 is 0 Å². The lowest BCUT2D eigenvalue weighted by Crippen LogP contribution is -2.22. The molecule has 0 saturated heterocycles. The molecule has 0 bridgehead atoms. The molecule has 1 heterocycles. The number of carbonyl (C=O) groups is 1. The number of ether oxygens (including phenoxy) is 1. The number of hydrogen-bond donors (Lipinski definition) is 0. The molecule has 23 heavy (non-hydrogen) atoms. The second-order valence-corrected chi connectivity index (χ2v) is 4.93. The number of rotatable bonds is 3. The molecule has 2 aromatic rings. The van der Waals surface area contributed by atoms with Crippen LogP contribution in [0.3, 0.4) is 0 Å². The van der Waals surface area contributed by atoms with Gasteiger partial charge in [-0.05, 0) is 43.2 Å². The smallest absolute Gasteiger partial charge is 0.337 e. The van der Waals surface area contributed by atoms with Crippen molar-refractivity contribution in [3.63, 3.8) is 0 Å². The number of benzene rings is 1. The van der Waals surface area contributed by atoms with Gasteiger partial charge in [-0.1, -0.05) is 12.1 Å². The summed E-state index contributed by atoms with van der Waals surface area (Å²) < 4.78 is 5.81. The molecule has 0 N–H and O–H groups in total. The molecule has 1 aromatic carbocycles. The fourth-order valence-corrected chi connectivity index (χ4v) is 2.11. The zero-order valence-corrected chi connectivity index (χ0v) is 13.0. The number of aromatic nitrogens is 1. The van der Waals surface area contributed by atoms with E-state index in [2.05, 4.69) is 9.84 Å². The van der Waals surface area contributed by atoms with Crippen LogP contribution in [-0.2, 0) is 4.74 Å². The highest BCUT2D eigenvalue weighted by Gasteiger charge is 2.09. The van der Waals surface area contributed by atoms with Crippen LogP contribution in [0.1, 0.15) is 32.7 Å². The average Bonchev–Trinajstić information content (AvgIpc) is 2.54. The molecule has 0 unspecified atom stereocenters. The van der Waals surface area contributed by atoms with E-state index in [4.69, 9.17) is 5.26 Å². The maximum Gasteiger partial charge on any atom is 0.337 e. The van der Waals surface area contributed by atoms with E-state index in [1.165, 1.54) is 18.0 Å². The van der Waals surface area contributed by atoms with E-state index in [0.29, 0.717) is 22.4 Å². The number of esters is 1. The van der Waals surface area contributed by atoms with Crippen LogP contribution in [0.15, 0.2) is 40.2 Å². The van der Waals surface area contributed by atoms with Crippen LogP contribution in [0.25, 0.3) is 0 Å². The normalized spacial score (nSPS) is 10.5. The van der Waals surface area contributed by atoms with Crippen molar-refractivity contribution in [2.75, 3.05) is 7.11 Å². The molecule has 0 spiro atoms. The van der Waals surface area contributed by atoms with Gasteiger partial charge in [0, 0.05) is 5.69 Å². The molecule has 6 heteroatoms. The number of pyridine rings is 1. The predicted molar refractivity (Wildman–Crippen MR) is 85.7 cm³/mol. The van der Waals surface area contributed by atoms with Crippen LogP contribution < -0.4 is 5.56 Å². The van der Waals surface area contributed by atoms with Gasteiger partial charge in [-0.25, -0.2) is 9.47 Å². The maximum atomic E-state index is 12.2. The van der Waals surface area contributed by atoms with E-state index in [0.717, 1.165) is 0 Å². The summed E-state index contributed by atoms with van der Waals surface area (Å²) in [5.74, 6) is -0.419. The van der Waals surface area contributed by atoms with E-state index < -0.39 is 11.5 Å². The highest BCUT2D eigenvalue weighted by atomic mass is 16.5. The van der Waals surface area contributed by atoms with Crippen LogP contribution >= 0.6 is 0 Å². The first kappa shape index (κ1) is 16.2. The molecule has 0 aliphatic heterocycles. The first-order chi connectivity index (χ1) is 11.0. The largest absolute Gasteiger partial charge is 0.465 e. The van der Waals surface area contributed by atoms with Gasteiger partial charge in [-0.3, -0.25) is 4.79 Å². The molecule has 116 valence electrons. The SMILES string of the molecule is COC(=O)c1ccc(/C=N\n2c(C)cc(C)c(C#N)c2=O)cc1. The Hall–Kier alpha value is -3.20. The minimum absolute atomic E-state index is 0.0776. The molecule has 0 atom stereocenters. The summed E-state index contributed by atoms with van der Waals surface area (Å²) in [6.07, 6.45) is 1.49. The van der Waals surface area contributed by atoms with E-state index in [9.17, 15) is 9.59 Å². The number of nitriles is 1. The Bertz CT molecular complexity index is 872. The zero-order valence-electron chi connectivity index (χ0n) is 13.0. The van der Waals surface area contributed by atoms with Gasteiger partial charge in [0.05, 0.1) is 18.9 Å². The summed E-state index contributed by atoms with van der Waals surface area (Å²) in [6.45, 7) is 3.46. The standard InChI is InChI=1S/C17H15N3O3/c1-11-8-12(2)20(16(21)15(11)9-18)19-10-13-4-6-14(7-5-13)17(22)23-3/h4-8,10H,1-3H3/b19-10-. The Morgan fingerprint density at radius 2 is 1.96 bits per heavy atom. The van der Waals surface area contributed by atoms with Crippen LogP contribution in [0.4, 0.5) is 0 Å². The van der Waals surface area contributed by atoms with Crippen molar-refractivity contribution in [2.45, 2.75) is 13.8 Å². The third-order valence-electron chi connectivity index (χ3n) is 3.33. The fourth-order valence-electron chi connectivity index (χ4n) is 2.11. The second-order valence-electron chi connectivity index (χ2n) is 4.93. The van der Waals surface area contributed by atoms with Gasteiger partial charge in [-0.2, -0.15) is 10.4 Å². The van der Waals surface area contributed by atoms with Gasteiger partial charge in [0.25, 0.3) is 5.56 Å². The molecule has 0 radical (unpaired) electrons. The van der Waals surface area contributed by atoms with Gasteiger partial charge in [0.1, 0.15) is 11.6 Å². The molecule has 6 nitrogen and oxygen atoms in total. The highest BCUT2D eigenvalue weighted by Crippen LogP contribution is 2.06. The number of carbonyl (C=O) groups excluding carboxylic acids is 1. The summed E-state index contributed by atoms with van der Waals surface area (Å²) in [5, 5.41) is 13.2. The van der Waals surface area contributed by atoms with Crippen molar-refractivity contribution in [1.29, 1.82) is 5.26 Å². The Kier molecular flexibility index (Phi) is 4.72. The van der Waals surface area contributed by atoms with Crippen LogP contribution in [-0.4, -0.2) is 24.0 Å². The van der Waals surface area contributed by atoms with E-state index in [1.54, 1.807) is 44.2 Å². The summed E-state index contributed by atoms with van der Waals surface area (Å²) >= 11 is 0. The van der Waals surface area contributed by atoms with E-state index in [-0.39, 0.29) is 5.56 Å². The van der Waals surface area contributed by atoms with Crippen LogP contribution in [0.2, 0.25) is 0 Å². The predicted octanol–water partition coefficient (Wildman–Crippen LogP) is 2.01. The number of aryl methyl sites for hydroxylation is 2. The number of methoxy groups -OCH3 is 1. The fraction of sp³-hybridized carbons (Fsp3) is 0.176. The van der Waals surface area contributed by atoms with Gasteiger partial charge < -0.3 is 4.74 Å². The highest BCUT2D eigenvalue weighted by molar-refractivity contribution is 5.90. The molecule has 1 aromatic heterocycles. The molecule has 0 amide bonds. The van der Waals surface area contributed by atoms with Gasteiger partial charge in [0.15, 0.2) is 0 Å². The van der Waals surface area contributed by atoms with Crippen molar-refractivity contribution in [3.05, 3.63) is 68.6 Å². The quantitative estimate of drug-likeness (QED) is 0.641.